The Morgan fingerprint density at radius 2 is 1.96 bits per heavy atom. The van der Waals surface area contributed by atoms with E-state index in [0.29, 0.717) is 0 Å². The molecule has 1 saturated heterocycles. The lowest BCUT2D eigenvalue weighted by molar-refractivity contribution is 0.0951. The number of nitrogens with zero attached hydrogens (tertiary/aromatic N) is 2. The van der Waals surface area contributed by atoms with Crippen molar-refractivity contribution in [1.29, 1.82) is 0 Å². The molecule has 2 rings (SSSR count). The molecule has 0 bridgehead atoms. The minimum Gasteiger partial charge on any atom is -0.352 e. The highest BCUT2D eigenvalue weighted by Crippen LogP contribution is 2.07. The lowest BCUT2D eigenvalue weighted by atomic mass is 10.1. The quantitative estimate of drug-likeness (QED) is 0.709. The third-order valence-corrected chi connectivity index (χ3v) is 3.83. The fourth-order valence-electron chi connectivity index (χ4n) is 2.72. The van der Waals surface area contributed by atoms with Gasteiger partial charge in [0.05, 0.1) is 0 Å². The van der Waals surface area contributed by atoms with E-state index in [1.807, 2.05) is 32.3 Å². The summed E-state index contributed by atoms with van der Waals surface area (Å²) in [6.45, 7) is 7.02. The first-order valence-corrected chi connectivity index (χ1v) is 8.10. The van der Waals surface area contributed by atoms with E-state index >= 15 is 0 Å². The SMILES string of the molecule is CN(C)Cc1cccc(C(=O)NCCCN2CCNCC2)c1.Cl.Cl. The lowest BCUT2D eigenvalue weighted by Crippen LogP contribution is -2.44. The summed E-state index contributed by atoms with van der Waals surface area (Å²) in [5.74, 6) is 0.0286. The average Bonchev–Trinajstić information content (AvgIpc) is 2.52. The van der Waals surface area contributed by atoms with Crippen LogP contribution in [0.15, 0.2) is 24.3 Å². The van der Waals surface area contributed by atoms with Gasteiger partial charge in [-0.25, -0.2) is 0 Å². The van der Waals surface area contributed by atoms with Crippen molar-refractivity contribution in [2.45, 2.75) is 13.0 Å². The Hall–Kier alpha value is -0.850. The summed E-state index contributed by atoms with van der Waals surface area (Å²) in [4.78, 5) is 16.7. The Morgan fingerprint density at radius 1 is 1.25 bits per heavy atom. The molecule has 1 fully saturated rings. The van der Waals surface area contributed by atoms with Crippen LogP contribution >= 0.6 is 24.8 Å². The van der Waals surface area contributed by atoms with Gasteiger partial charge < -0.3 is 20.4 Å². The topological polar surface area (TPSA) is 47.6 Å². The molecule has 0 radical (unpaired) electrons. The van der Waals surface area contributed by atoms with Crippen LogP contribution in [0.4, 0.5) is 0 Å². The summed E-state index contributed by atoms with van der Waals surface area (Å²) < 4.78 is 0. The van der Waals surface area contributed by atoms with Crippen molar-refractivity contribution in [2.75, 3.05) is 53.4 Å². The van der Waals surface area contributed by atoms with E-state index in [9.17, 15) is 4.79 Å². The van der Waals surface area contributed by atoms with E-state index in [4.69, 9.17) is 0 Å². The molecule has 0 atom stereocenters. The van der Waals surface area contributed by atoms with Crippen LogP contribution in [0.5, 0.6) is 0 Å². The van der Waals surface area contributed by atoms with Gasteiger partial charge in [0, 0.05) is 44.8 Å². The minimum atomic E-state index is 0. The smallest absolute Gasteiger partial charge is 0.251 e. The van der Waals surface area contributed by atoms with Gasteiger partial charge in [0.1, 0.15) is 0 Å². The zero-order valence-electron chi connectivity index (χ0n) is 14.6. The zero-order chi connectivity index (χ0) is 15.8. The maximum absolute atomic E-state index is 12.2. The third-order valence-electron chi connectivity index (χ3n) is 3.83. The second-order valence-electron chi connectivity index (χ2n) is 6.14. The van der Waals surface area contributed by atoms with E-state index in [1.165, 1.54) is 5.56 Å². The van der Waals surface area contributed by atoms with Gasteiger partial charge in [0.2, 0.25) is 0 Å². The zero-order valence-corrected chi connectivity index (χ0v) is 16.2. The fraction of sp³-hybridized carbons (Fsp3) is 0.588. The summed E-state index contributed by atoms with van der Waals surface area (Å²) in [6.07, 6.45) is 1.00. The van der Waals surface area contributed by atoms with Crippen molar-refractivity contribution in [2.24, 2.45) is 0 Å². The molecule has 0 unspecified atom stereocenters. The maximum Gasteiger partial charge on any atom is 0.251 e. The number of nitrogens with one attached hydrogen (secondary N) is 2. The lowest BCUT2D eigenvalue weighted by Gasteiger charge is -2.27. The highest BCUT2D eigenvalue weighted by atomic mass is 35.5. The molecular formula is C17H30Cl2N4O. The average molecular weight is 377 g/mol. The summed E-state index contributed by atoms with van der Waals surface area (Å²) in [6, 6.07) is 7.87. The van der Waals surface area contributed by atoms with Gasteiger partial charge in [-0.15, -0.1) is 24.8 Å². The van der Waals surface area contributed by atoms with Crippen molar-refractivity contribution < 1.29 is 4.79 Å². The maximum atomic E-state index is 12.2. The largest absolute Gasteiger partial charge is 0.352 e. The van der Waals surface area contributed by atoms with E-state index in [1.54, 1.807) is 0 Å². The number of hydrogen-bond donors (Lipinski definition) is 2. The molecule has 0 saturated carbocycles. The Morgan fingerprint density at radius 3 is 2.62 bits per heavy atom. The fourth-order valence-corrected chi connectivity index (χ4v) is 2.72. The number of amides is 1. The van der Waals surface area contributed by atoms with Crippen LogP contribution in [0.25, 0.3) is 0 Å². The second-order valence-corrected chi connectivity index (χ2v) is 6.14. The first kappa shape index (κ1) is 23.1. The van der Waals surface area contributed by atoms with E-state index in [0.717, 1.165) is 57.8 Å². The molecule has 5 nitrogen and oxygen atoms in total. The molecule has 7 heteroatoms. The van der Waals surface area contributed by atoms with Crippen molar-refractivity contribution in [1.82, 2.24) is 20.4 Å². The molecule has 0 aromatic heterocycles. The van der Waals surface area contributed by atoms with Crippen LogP contribution in [-0.2, 0) is 6.54 Å². The number of carbonyl (C=O) groups excluding carboxylic acids is 1. The molecule has 1 amide bonds. The Kier molecular flexibility index (Phi) is 12.1. The van der Waals surface area contributed by atoms with Crippen LogP contribution in [0.3, 0.4) is 0 Å². The molecule has 1 aromatic rings. The molecule has 1 heterocycles. The van der Waals surface area contributed by atoms with Crippen LogP contribution in [0.2, 0.25) is 0 Å². The molecule has 24 heavy (non-hydrogen) atoms. The second kappa shape index (κ2) is 12.5. The molecule has 138 valence electrons. The molecule has 1 aliphatic rings. The third kappa shape index (κ3) is 8.31. The highest BCUT2D eigenvalue weighted by Gasteiger charge is 2.09. The number of carbonyl (C=O) groups is 1. The van der Waals surface area contributed by atoms with Gasteiger partial charge in [0.15, 0.2) is 0 Å². The monoisotopic (exact) mass is 376 g/mol. The highest BCUT2D eigenvalue weighted by molar-refractivity contribution is 5.94. The molecule has 1 aromatic carbocycles. The first-order valence-electron chi connectivity index (χ1n) is 8.10. The minimum absolute atomic E-state index is 0. The van der Waals surface area contributed by atoms with Crippen molar-refractivity contribution in [3.05, 3.63) is 35.4 Å². The number of piperazine rings is 1. The van der Waals surface area contributed by atoms with Gasteiger partial charge in [-0.05, 0) is 44.8 Å². The van der Waals surface area contributed by atoms with Gasteiger partial charge in [-0.2, -0.15) is 0 Å². The Bertz CT molecular complexity index is 479. The molecule has 0 spiro atoms. The molecule has 1 aliphatic heterocycles. The van der Waals surface area contributed by atoms with E-state index in [-0.39, 0.29) is 30.7 Å². The Labute approximate surface area is 158 Å². The summed E-state index contributed by atoms with van der Waals surface area (Å²) >= 11 is 0. The van der Waals surface area contributed by atoms with Gasteiger partial charge in [-0.1, -0.05) is 12.1 Å². The first-order chi connectivity index (χ1) is 10.6. The number of halogens is 2. The predicted octanol–water partition coefficient (Wildman–Crippen LogP) is 1.62. The van der Waals surface area contributed by atoms with Crippen molar-refractivity contribution in [3.63, 3.8) is 0 Å². The van der Waals surface area contributed by atoms with Crippen LogP contribution < -0.4 is 10.6 Å². The van der Waals surface area contributed by atoms with Gasteiger partial charge in [0.25, 0.3) is 5.91 Å². The number of rotatable bonds is 7. The van der Waals surface area contributed by atoms with E-state index in [2.05, 4.69) is 26.5 Å². The summed E-state index contributed by atoms with van der Waals surface area (Å²) in [7, 11) is 4.06. The number of hydrogen-bond acceptors (Lipinski definition) is 4. The van der Waals surface area contributed by atoms with E-state index < -0.39 is 0 Å². The van der Waals surface area contributed by atoms with Crippen LogP contribution in [0, 0.1) is 0 Å². The van der Waals surface area contributed by atoms with Crippen molar-refractivity contribution >= 4 is 30.7 Å². The van der Waals surface area contributed by atoms with Crippen LogP contribution in [-0.4, -0.2) is 69.1 Å². The summed E-state index contributed by atoms with van der Waals surface area (Å²) in [5.41, 5.74) is 1.92. The van der Waals surface area contributed by atoms with Gasteiger partial charge in [-0.3, -0.25) is 4.79 Å². The normalized spacial score (nSPS) is 14.6. The van der Waals surface area contributed by atoms with Crippen LogP contribution in [0.1, 0.15) is 22.3 Å². The molecular weight excluding hydrogens is 347 g/mol. The van der Waals surface area contributed by atoms with Gasteiger partial charge >= 0.3 is 0 Å². The predicted molar refractivity (Wildman–Crippen MR) is 105 cm³/mol. The van der Waals surface area contributed by atoms with Crippen molar-refractivity contribution in [3.8, 4) is 0 Å². The molecule has 2 N–H and O–H groups in total. The molecule has 0 aliphatic carbocycles. The number of benzene rings is 1. The Balaban J connectivity index is 0.00000264. The standard InChI is InChI=1S/C17H28N4O.2ClH/c1-20(2)14-15-5-3-6-16(13-15)17(22)19-7-4-10-21-11-8-18-9-12-21;;/h3,5-6,13,18H,4,7-12,14H2,1-2H3,(H,19,22);2*1H. The summed E-state index contributed by atoms with van der Waals surface area (Å²) in [5, 5.41) is 6.37.